The number of carbonyl (C=O) groups is 1. The van der Waals surface area contributed by atoms with E-state index in [2.05, 4.69) is 5.32 Å². The molecule has 3 N–H and O–H groups in total. The fourth-order valence-electron chi connectivity index (χ4n) is 1.81. The van der Waals surface area contributed by atoms with Crippen molar-refractivity contribution < 1.29 is 13.9 Å². The molecule has 1 amide bonds. The molecule has 0 aliphatic rings. The molecule has 0 atom stereocenters. The molecule has 0 fully saturated rings. The van der Waals surface area contributed by atoms with Gasteiger partial charge in [-0.15, -0.1) is 11.8 Å². The molecule has 6 heteroatoms. The second-order valence-electron chi connectivity index (χ2n) is 4.45. The Hall–Kier alpha value is -2.08. The molecule has 1 heterocycles. The molecule has 1 aromatic carbocycles. The topological polar surface area (TPSA) is 77.5 Å². The van der Waals surface area contributed by atoms with Gasteiger partial charge < -0.3 is 20.2 Å². The molecule has 0 saturated carbocycles. The van der Waals surface area contributed by atoms with Crippen molar-refractivity contribution in [2.75, 3.05) is 23.9 Å². The first-order chi connectivity index (χ1) is 10.1. The van der Waals surface area contributed by atoms with Crippen LogP contribution in [0.25, 0.3) is 0 Å². The van der Waals surface area contributed by atoms with Crippen molar-refractivity contribution in [3.63, 3.8) is 0 Å². The number of ether oxygens (including phenoxy) is 1. The van der Waals surface area contributed by atoms with Crippen LogP contribution in [0.15, 0.2) is 39.8 Å². The minimum absolute atomic E-state index is 0.0763. The molecule has 21 heavy (non-hydrogen) atoms. The zero-order valence-electron chi connectivity index (χ0n) is 12.0. The maximum absolute atomic E-state index is 12.0. The van der Waals surface area contributed by atoms with E-state index in [0.717, 1.165) is 10.7 Å². The maximum atomic E-state index is 12.0. The molecule has 0 unspecified atom stereocenters. The summed E-state index contributed by atoms with van der Waals surface area (Å²) >= 11 is 1.60. The van der Waals surface area contributed by atoms with Gasteiger partial charge in [-0.3, -0.25) is 4.79 Å². The number of furan rings is 1. The largest absolute Gasteiger partial charge is 0.495 e. The first-order valence-electron chi connectivity index (χ1n) is 6.50. The van der Waals surface area contributed by atoms with E-state index in [9.17, 15) is 4.79 Å². The van der Waals surface area contributed by atoms with E-state index in [0.29, 0.717) is 29.3 Å². The van der Waals surface area contributed by atoms with Gasteiger partial charge in [0, 0.05) is 22.8 Å². The lowest BCUT2D eigenvalue weighted by Crippen LogP contribution is -2.13. The summed E-state index contributed by atoms with van der Waals surface area (Å²) in [6.07, 6.45) is 2.04. The van der Waals surface area contributed by atoms with E-state index in [-0.39, 0.29) is 5.91 Å². The van der Waals surface area contributed by atoms with Gasteiger partial charge in [0.1, 0.15) is 11.5 Å². The van der Waals surface area contributed by atoms with Crippen LogP contribution in [0.1, 0.15) is 12.2 Å². The molecule has 0 aliphatic carbocycles. The third-order valence-corrected chi connectivity index (χ3v) is 4.04. The molecule has 5 nitrogen and oxygen atoms in total. The molecule has 0 bridgehead atoms. The Labute approximate surface area is 127 Å². The fraction of sp³-hybridized carbons (Fsp3) is 0.267. The average molecular weight is 306 g/mol. The van der Waals surface area contributed by atoms with Gasteiger partial charge in [-0.05, 0) is 31.2 Å². The van der Waals surface area contributed by atoms with Crippen molar-refractivity contribution in [3.05, 3.63) is 36.3 Å². The third-order valence-electron chi connectivity index (χ3n) is 2.90. The smallest absolute Gasteiger partial charge is 0.225 e. The van der Waals surface area contributed by atoms with Crippen LogP contribution >= 0.6 is 11.8 Å². The van der Waals surface area contributed by atoms with E-state index in [4.69, 9.17) is 14.9 Å². The first-order valence-corrected chi connectivity index (χ1v) is 7.49. The van der Waals surface area contributed by atoms with Crippen LogP contribution in [-0.2, 0) is 4.79 Å². The number of nitrogens with two attached hydrogens (primary N) is 1. The second kappa shape index (κ2) is 7.08. The van der Waals surface area contributed by atoms with E-state index < -0.39 is 0 Å². The van der Waals surface area contributed by atoms with Crippen LogP contribution < -0.4 is 15.8 Å². The van der Waals surface area contributed by atoms with E-state index in [1.807, 2.05) is 13.0 Å². The quantitative estimate of drug-likeness (QED) is 0.632. The molecule has 0 saturated heterocycles. The van der Waals surface area contributed by atoms with Gasteiger partial charge >= 0.3 is 0 Å². The fourth-order valence-corrected chi connectivity index (χ4v) is 2.72. The lowest BCUT2D eigenvalue weighted by molar-refractivity contribution is -0.115. The number of rotatable bonds is 6. The molecule has 0 radical (unpaired) electrons. The Morgan fingerprint density at radius 3 is 2.90 bits per heavy atom. The van der Waals surface area contributed by atoms with E-state index >= 15 is 0 Å². The van der Waals surface area contributed by atoms with Gasteiger partial charge in [0.15, 0.2) is 0 Å². The maximum Gasteiger partial charge on any atom is 0.225 e. The normalized spacial score (nSPS) is 10.4. The summed E-state index contributed by atoms with van der Waals surface area (Å²) < 4.78 is 10.4. The zero-order chi connectivity index (χ0) is 15.2. The Bertz CT molecular complexity index is 625. The highest BCUT2D eigenvalue weighted by atomic mass is 32.2. The van der Waals surface area contributed by atoms with Gasteiger partial charge in [0.05, 0.1) is 19.1 Å². The van der Waals surface area contributed by atoms with Gasteiger partial charge in [0.25, 0.3) is 0 Å². The van der Waals surface area contributed by atoms with Crippen molar-refractivity contribution >= 4 is 29.0 Å². The second-order valence-corrected chi connectivity index (χ2v) is 5.58. The van der Waals surface area contributed by atoms with Gasteiger partial charge in [-0.1, -0.05) is 0 Å². The van der Waals surface area contributed by atoms with Crippen LogP contribution in [0.3, 0.4) is 0 Å². The van der Waals surface area contributed by atoms with E-state index in [1.54, 1.807) is 43.3 Å². The number of benzene rings is 1. The monoisotopic (exact) mass is 306 g/mol. The van der Waals surface area contributed by atoms with Crippen LogP contribution in [0.2, 0.25) is 0 Å². The predicted molar refractivity (Wildman–Crippen MR) is 84.8 cm³/mol. The lowest BCUT2D eigenvalue weighted by atomic mass is 10.2. The summed E-state index contributed by atoms with van der Waals surface area (Å²) in [5, 5.41) is 2.82. The number of aryl methyl sites for hydroxylation is 1. The van der Waals surface area contributed by atoms with Gasteiger partial charge in [-0.25, -0.2) is 0 Å². The van der Waals surface area contributed by atoms with Crippen molar-refractivity contribution in [3.8, 4) is 5.75 Å². The number of hydrogen-bond donors (Lipinski definition) is 2. The van der Waals surface area contributed by atoms with E-state index in [1.165, 1.54) is 0 Å². The number of nitrogens with one attached hydrogen (secondary N) is 1. The first kappa shape index (κ1) is 15.3. The number of methoxy groups -OCH3 is 1. The third kappa shape index (κ3) is 4.19. The molecule has 112 valence electrons. The summed E-state index contributed by atoms with van der Waals surface area (Å²) in [7, 11) is 1.55. The molecular weight excluding hydrogens is 288 g/mol. The Balaban J connectivity index is 1.87. The molecule has 1 aromatic heterocycles. The number of carbonyl (C=O) groups excluding carboxylic acids is 1. The Morgan fingerprint density at radius 1 is 1.43 bits per heavy atom. The summed E-state index contributed by atoms with van der Waals surface area (Å²) in [4.78, 5) is 13.0. The predicted octanol–water partition coefficient (Wildman–Crippen LogP) is 3.30. The highest BCUT2D eigenvalue weighted by molar-refractivity contribution is 7.99. The number of nitrogen functional groups attached to an aromatic ring is 1. The Morgan fingerprint density at radius 2 is 2.24 bits per heavy atom. The summed E-state index contributed by atoms with van der Waals surface area (Å²) in [5.41, 5.74) is 6.89. The lowest BCUT2D eigenvalue weighted by Gasteiger charge is -2.10. The summed E-state index contributed by atoms with van der Waals surface area (Å²) in [6, 6.07) is 7.05. The van der Waals surface area contributed by atoms with Crippen molar-refractivity contribution in [1.29, 1.82) is 0 Å². The zero-order valence-corrected chi connectivity index (χ0v) is 12.8. The summed E-state index contributed by atoms with van der Waals surface area (Å²) in [5.74, 6) is 2.07. The van der Waals surface area contributed by atoms with Crippen LogP contribution in [0.4, 0.5) is 11.4 Å². The van der Waals surface area contributed by atoms with Crippen LogP contribution in [0, 0.1) is 6.92 Å². The highest BCUT2D eigenvalue weighted by Crippen LogP contribution is 2.27. The molecule has 0 aliphatic heterocycles. The molecule has 2 rings (SSSR count). The van der Waals surface area contributed by atoms with Gasteiger partial charge in [-0.2, -0.15) is 0 Å². The number of thioether (sulfide) groups is 1. The molecular formula is C15H18N2O3S. The summed E-state index contributed by atoms with van der Waals surface area (Å²) in [6.45, 7) is 1.90. The Kier molecular flexibility index (Phi) is 5.16. The number of amides is 1. The standard InChI is InChI=1S/C15H18N2O3S/c1-10-14(5-7-20-10)21-8-6-15(18)17-12-9-11(16)3-4-13(12)19-2/h3-5,7,9H,6,8,16H2,1-2H3,(H,17,18). The van der Waals surface area contributed by atoms with Crippen molar-refractivity contribution in [2.24, 2.45) is 0 Å². The molecule has 0 spiro atoms. The van der Waals surface area contributed by atoms with Crippen molar-refractivity contribution in [2.45, 2.75) is 18.2 Å². The minimum atomic E-state index is -0.0763. The SMILES string of the molecule is COc1ccc(N)cc1NC(=O)CCSc1ccoc1C. The van der Waals surface area contributed by atoms with Crippen molar-refractivity contribution in [1.82, 2.24) is 0 Å². The number of anilines is 2. The van der Waals surface area contributed by atoms with Gasteiger partial charge in [0.2, 0.25) is 5.91 Å². The highest BCUT2D eigenvalue weighted by Gasteiger charge is 2.09. The molecule has 2 aromatic rings. The number of hydrogen-bond acceptors (Lipinski definition) is 5. The van der Waals surface area contributed by atoms with Crippen LogP contribution in [0.5, 0.6) is 5.75 Å². The average Bonchev–Trinajstić information content (AvgIpc) is 2.85. The minimum Gasteiger partial charge on any atom is -0.495 e. The van der Waals surface area contributed by atoms with Crippen LogP contribution in [-0.4, -0.2) is 18.8 Å².